The van der Waals surface area contributed by atoms with Gasteiger partial charge in [0.2, 0.25) is 0 Å². The smallest absolute Gasteiger partial charge is 0.382 e. The zero-order chi connectivity index (χ0) is 104. The maximum Gasteiger partial charge on any atom is 0.386 e. The normalized spacial score (nSPS) is 35.3. The van der Waals surface area contributed by atoms with E-state index in [1.165, 1.54) is 90.7 Å². The van der Waals surface area contributed by atoms with Crippen molar-refractivity contribution in [2.24, 2.45) is 0 Å². The molecule has 21 heterocycles. The zero-order valence-electron chi connectivity index (χ0n) is 74.9. The number of aryl methyl sites for hydroxylation is 2. The van der Waals surface area contributed by atoms with Crippen LogP contribution in [-0.4, -0.2) is 303 Å². The van der Waals surface area contributed by atoms with Crippen LogP contribution in [0.1, 0.15) is 69.5 Å². The van der Waals surface area contributed by atoms with Crippen LogP contribution >= 0.6 is 52.6 Å². The number of hydrogen-bond donors (Lipinski definition) is 10. The summed E-state index contributed by atoms with van der Waals surface area (Å²) in [7, 11) is 0. The highest BCUT2D eigenvalue weighted by Gasteiger charge is 2.59. The van der Waals surface area contributed by atoms with Crippen molar-refractivity contribution in [1.82, 2.24) is 117 Å². The summed E-state index contributed by atoms with van der Waals surface area (Å²) in [4.78, 5) is 155. The highest BCUT2D eigenvalue weighted by Crippen LogP contribution is 2.62. The minimum Gasteiger partial charge on any atom is -0.382 e. The SMILES string of the molecule is Cc1ncnc2c1ncn2[C@@H]1O[C@@H]2COP(O)(=S)O[C@H]3[C@H](F)[C@H](n4cnc5c(N)ncnc54)O[C@@H]3COP(=O)(S)O[C@H]2[C@@H]1F.Cc1ncnc2c1ncn2[C@@H]1O[C@@H]2COP(O)(=S)O[C@H]3[C@H](F)[C@H](n4cnc5c(N)ncnc54)O[C@@H]3COP(O)(=S)O[C@H]2[C@@H]1F.O=C(Nc1ncnc2c1ncn2[C@@H]1O[C@@H]2COP(O)(=S)O[C@H]3[C@@H](F)[C@H](n4cnc5c(NC(=O)c6ccccc6)ncnc54)O[C@@H]3COP(O)(=S)O[C@H]2[C@H]1F)c1ccccc1. The topological polar surface area (TPSA) is 656 Å². The molecule has 6 unspecified atom stereocenters. The van der Waals surface area contributed by atoms with Gasteiger partial charge in [0.1, 0.15) is 133 Å². The van der Waals surface area contributed by atoms with Gasteiger partial charge in [-0.25, -0.2) is 121 Å². The Hall–Kier alpha value is -9.23. The largest absolute Gasteiger partial charge is 0.386 e. The fraction of sp³-hybridized carbons (Fsp3) is 0.421. The zero-order valence-corrected chi connectivity index (χ0v) is 85.3. The fourth-order valence-corrected chi connectivity index (χ4v) is 26.1. The molecule has 0 spiro atoms. The number of nitrogens with two attached hydrogens (primary N) is 2. The number of nitrogens with zero attached hydrogens (tertiary/aromatic N) is 24. The third kappa shape index (κ3) is 21.0. The second-order valence-electron chi connectivity index (χ2n) is 33.5. The first-order valence-electron chi connectivity index (χ1n) is 43.6. The Labute approximate surface area is 855 Å². The lowest BCUT2D eigenvalue weighted by Gasteiger charge is -2.29. The molecule has 784 valence electrons. The highest BCUT2D eigenvalue weighted by molar-refractivity contribution is 8.44. The summed E-state index contributed by atoms with van der Waals surface area (Å²) in [5, 5.41) is 5.33. The molecule has 2 amide bonds. The second kappa shape index (κ2) is 41.6. The van der Waals surface area contributed by atoms with Crippen molar-refractivity contribution >= 4 is 214 Å². The molecule has 0 bridgehead atoms. The van der Waals surface area contributed by atoms with Crippen LogP contribution in [0.25, 0.3) is 67.0 Å². The molecule has 2 aromatic carbocycles. The number of nitrogens with one attached hydrogen (secondary N) is 2. The summed E-state index contributed by atoms with van der Waals surface area (Å²) in [5.74, 6) is -0.742. The molecule has 30 atom stereocenters. The van der Waals surface area contributed by atoms with Crippen molar-refractivity contribution in [3.8, 4) is 0 Å². The van der Waals surface area contributed by atoms with Crippen LogP contribution in [0, 0.1) is 13.8 Å². The van der Waals surface area contributed by atoms with Gasteiger partial charge in [-0.3, -0.25) is 68.7 Å². The standard InChI is InChI=1S/C34H30F2N10O10P2S2.2C21H23F2N9O8P2S2/c35-21-25-19(53-33(21)45-15-41-23-27(37-13-39-29(23)45)43-31(47)17-7-3-1-4-8-17)11-51-58(50,60)56-26-20(12-52-57(49,59)55-25)54-34(22(26)36)46-16-42-24-28(38-14-40-30(24)46)44-32(48)18-9-5-2-6-10-18;2*1-8-13-18(27-4-25-8)31(6-29-13)20-11(22)15-9(37-20)2-35-42(34,44)40-16-10(3-36-41(33,43)39-15)38-21(12(16)23)32-7-30-14-17(24)26-5-28-19(14)32/h1-10,13-16,19-22,25-26,33-34H,11-12H2,(H,49,59)(H,50,60)(H,37,39,43,47)(H,38,40,44,48);2*4-7,9-12,15-16,20-21H,2-3H2,1H3,(H,33,43)(H,34,44)(H2,24,26,28)/t19-,20-,21-,22-,25-,26-,33-,34-,57?,58?;2*9-,10-,11+,12+,15-,16-,20-,21-,41?,42?/m111/s1. The molecule has 12 aromatic heterocycles. The molecule has 9 fully saturated rings. The Balaban J connectivity index is 0.000000132. The van der Waals surface area contributed by atoms with E-state index < -0.39 is 239 Å². The van der Waals surface area contributed by atoms with E-state index >= 15 is 26.3 Å². The number of rotatable bonds is 10. The third-order valence-electron chi connectivity index (χ3n) is 24.3. The lowest BCUT2D eigenvalue weighted by atomic mass is 10.1. The van der Waals surface area contributed by atoms with Crippen molar-refractivity contribution in [2.75, 3.05) is 61.7 Å². The number of ether oxygens (including phenoxy) is 6. The van der Waals surface area contributed by atoms with Crippen molar-refractivity contribution < 1.29 is 148 Å². The molecule has 0 radical (unpaired) electrons. The van der Waals surface area contributed by atoms with E-state index in [1.54, 1.807) is 74.5 Å². The van der Waals surface area contributed by atoms with Crippen LogP contribution in [-0.2, 0) is 146 Å². The van der Waals surface area contributed by atoms with E-state index in [4.69, 9.17) is 153 Å². The Morgan fingerprint density at radius 3 is 0.831 bits per heavy atom. The Bertz CT molecular complexity index is 7050. The van der Waals surface area contributed by atoms with Crippen LogP contribution in [0.4, 0.5) is 49.6 Å². The first-order chi connectivity index (χ1) is 70.7. The van der Waals surface area contributed by atoms with Crippen LogP contribution in [0.5, 0.6) is 0 Å². The highest BCUT2D eigenvalue weighted by atomic mass is 32.7. The first-order valence-corrected chi connectivity index (χ1v) is 59.3. The van der Waals surface area contributed by atoms with Crippen molar-refractivity contribution in [1.29, 1.82) is 0 Å². The van der Waals surface area contributed by atoms with Gasteiger partial charge in [0, 0.05) is 11.1 Å². The summed E-state index contributed by atoms with van der Waals surface area (Å²) in [5.41, 5.74) is 16.0. The molecule has 54 nitrogen and oxygen atoms in total. The van der Waals surface area contributed by atoms with Gasteiger partial charge in [0.05, 0.1) is 89.0 Å². The lowest BCUT2D eigenvalue weighted by Crippen LogP contribution is -2.37. The van der Waals surface area contributed by atoms with Gasteiger partial charge in [-0.05, 0) is 97.1 Å². The summed E-state index contributed by atoms with van der Waals surface area (Å²) in [6.45, 7) is -26.1. The number of hydrogen-bond acceptors (Lipinski definition) is 46. The quantitative estimate of drug-likeness (QED) is 0.0365. The van der Waals surface area contributed by atoms with Gasteiger partial charge >= 0.3 is 40.4 Å². The molecule has 148 heavy (non-hydrogen) atoms. The molecule has 9 saturated heterocycles. The molecule has 72 heteroatoms. The predicted octanol–water partition coefficient (Wildman–Crippen LogP) is 7.27. The molecule has 0 saturated carbocycles. The number of halogens is 6. The lowest BCUT2D eigenvalue weighted by molar-refractivity contribution is -0.0583. The van der Waals surface area contributed by atoms with Crippen molar-refractivity contribution in [3.63, 3.8) is 0 Å². The van der Waals surface area contributed by atoms with E-state index in [9.17, 15) is 38.6 Å². The summed E-state index contributed by atoms with van der Waals surface area (Å²) in [6, 6.07) is 16.7. The number of nitrogen functional groups attached to an aromatic ring is 2. The number of alkyl halides is 6. The van der Waals surface area contributed by atoms with E-state index in [2.05, 4.69) is 113 Å². The molecule has 11 N–H and O–H groups in total. The Kier molecular flexibility index (Phi) is 29.4. The Morgan fingerprint density at radius 1 is 0.331 bits per heavy atom. The van der Waals surface area contributed by atoms with Gasteiger partial charge in [0.15, 0.2) is 143 Å². The number of aromatic nitrogens is 24. The van der Waals surface area contributed by atoms with Gasteiger partial charge in [-0.1, -0.05) is 48.6 Å². The predicted molar refractivity (Wildman–Crippen MR) is 516 cm³/mol. The second-order valence-corrected chi connectivity index (χ2v) is 50.4. The molecule has 0 aliphatic carbocycles. The van der Waals surface area contributed by atoms with Crippen molar-refractivity contribution in [2.45, 2.75) is 161 Å². The number of amides is 2. The molecular formula is C76H76F6N28O26P6S6. The average Bonchev–Trinajstić information content (AvgIpc) is 1.62. The monoisotopic (exact) mass is 2290 g/mol. The fourth-order valence-electron chi connectivity index (χ4n) is 17.4. The minimum atomic E-state index is -4.37. The molecule has 9 aliphatic heterocycles. The van der Waals surface area contributed by atoms with E-state index in [1.807, 2.05) is 0 Å². The molecule has 14 aromatic rings. The van der Waals surface area contributed by atoms with Crippen LogP contribution in [0.15, 0.2) is 137 Å². The van der Waals surface area contributed by atoms with Gasteiger partial charge in [-0.2, -0.15) is 0 Å². The number of imidazole rings is 6. The van der Waals surface area contributed by atoms with Gasteiger partial charge in [0.25, 0.3) is 11.8 Å². The van der Waals surface area contributed by atoms with E-state index in [-0.39, 0.29) is 79.2 Å². The Morgan fingerprint density at radius 2 is 0.554 bits per heavy atom. The molecular weight excluding hydrogens is 2210 g/mol. The van der Waals surface area contributed by atoms with Crippen LogP contribution < -0.4 is 22.1 Å². The number of thiol groups is 1. The number of carbonyl (C=O) groups is 2. The molecule has 23 rings (SSSR count). The molecule has 9 aliphatic rings. The van der Waals surface area contributed by atoms with Crippen molar-refractivity contribution in [3.05, 3.63) is 159 Å². The van der Waals surface area contributed by atoms with Gasteiger partial charge in [-0.15, -0.1) is 0 Å². The van der Waals surface area contributed by atoms with E-state index in [0.29, 0.717) is 33.5 Å². The minimum absolute atomic E-state index is 0.0391. The summed E-state index contributed by atoms with van der Waals surface area (Å²) >= 11 is 30.1. The number of benzene rings is 2. The first kappa shape index (κ1) is 104. The number of anilines is 4. The summed E-state index contributed by atoms with van der Waals surface area (Å²) in [6.07, 6.45) is -23.6. The maximum atomic E-state index is 16.5. The van der Waals surface area contributed by atoms with Gasteiger partial charge < -0.3 is 97.6 Å². The summed E-state index contributed by atoms with van der Waals surface area (Å²) < 4.78 is 220. The maximum absolute atomic E-state index is 16.5. The number of fused-ring (bicyclic) bond motifs is 12. The third-order valence-corrected chi connectivity index (χ3v) is 33.7. The average molecular weight is 2290 g/mol. The van der Waals surface area contributed by atoms with E-state index in [0.717, 1.165) is 12.7 Å². The van der Waals surface area contributed by atoms with Crippen LogP contribution in [0.3, 0.4) is 0 Å². The van der Waals surface area contributed by atoms with Crippen LogP contribution in [0.2, 0.25) is 0 Å². The number of carbonyl (C=O) groups excluding carboxylic acids is 2.